The lowest BCUT2D eigenvalue weighted by Gasteiger charge is -2.12. The van der Waals surface area contributed by atoms with E-state index in [1.54, 1.807) is 6.07 Å². The van der Waals surface area contributed by atoms with Gasteiger partial charge in [-0.3, -0.25) is 0 Å². The van der Waals surface area contributed by atoms with Crippen molar-refractivity contribution in [3.63, 3.8) is 0 Å². The van der Waals surface area contributed by atoms with Crippen molar-refractivity contribution in [2.45, 2.75) is 19.5 Å². The fourth-order valence-electron chi connectivity index (χ4n) is 2.24. The first kappa shape index (κ1) is 12.8. The molecule has 2 aromatic carbocycles. The number of nitrogens with one attached hydrogen (secondary N) is 1. The third kappa shape index (κ3) is 2.53. The van der Waals surface area contributed by atoms with Crippen LogP contribution in [0.2, 0.25) is 0 Å². The van der Waals surface area contributed by atoms with E-state index in [0.717, 1.165) is 22.3 Å². The Kier molecular flexibility index (Phi) is 3.44. The zero-order chi connectivity index (χ0) is 13.9. The van der Waals surface area contributed by atoms with Gasteiger partial charge in [0.25, 0.3) is 0 Å². The Labute approximate surface area is 117 Å². The van der Waals surface area contributed by atoms with Gasteiger partial charge in [0.2, 0.25) is 0 Å². The second-order valence-electron chi connectivity index (χ2n) is 4.92. The number of fused-ring (bicyclic) bond motifs is 1. The van der Waals surface area contributed by atoms with Crippen LogP contribution in [0.25, 0.3) is 11.0 Å². The molecule has 0 radical (unpaired) electrons. The maximum atomic E-state index is 9.74. The summed E-state index contributed by atoms with van der Waals surface area (Å²) in [6.07, 6.45) is 0. The zero-order valence-corrected chi connectivity index (χ0v) is 11.3. The number of hydrogen-bond donors (Lipinski definition) is 2. The van der Waals surface area contributed by atoms with E-state index < -0.39 is 0 Å². The largest absolute Gasteiger partial charge is 0.508 e. The van der Waals surface area contributed by atoms with Crippen molar-refractivity contribution >= 4 is 11.0 Å². The summed E-state index contributed by atoms with van der Waals surface area (Å²) in [6.45, 7) is 2.66. The average molecular weight is 267 g/mol. The molecular weight excluding hydrogens is 250 g/mol. The molecule has 0 aliphatic carbocycles. The van der Waals surface area contributed by atoms with Gasteiger partial charge in [-0.25, -0.2) is 0 Å². The molecule has 0 fully saturated rings. The van der Waals surface area contributed by atoms with Crippen LogP contribution in [0, 0.1) is 0 Å². The number of aromatic hydroxyl groups is 1. The van der Waals surface area contributed by atoms with Gasteiger partial charge in [-0.2, -0.15) is 0 Å². The lowest BCUT2D eigenvalue weighted by atomic mass is 10.1. The Morgan fingerprint density at radius 3 is 2.65 bits per heavy atom. The number of rotatable bonds is 4. The molecule has 102 valence electrons. The summed E-state index contributed by atoms with van der Waals surface area (Å²) in [5, 5.41) is 14.2. The number of phenols is 1. The Hall–Kier alpha value is -2.26. The van der Waals surface area contributed by atoms with Crippen molar-refractivity contribution in [3.05, 3.63) is 65.9 Å². The molecule has 0 aliphatic heterocycles. The van der Waals surface area contributed by atoms with E-state index in [1.165, 1.54) is 0 Å². The minimum atomic E-state index is 0.0852. The van der Waals surface area contributed by atoms with Crippen molar-refractivity contribution in [1.29, 1.82) is 0 Å². The summed E-state index contributed by atoms with van der Waals surface area (Å²) in [5.74, 6) is 1.22. The summed E-state index contributed by atoms with van der Waals surface area (Å²) in [6, 6.07) is 17.5. The normalized spacial score (nSPS) is 12.7. The van der Waals surface area contributed by atoms with Crippen LogP contribution in [0.5, 0.6) is 5.75 Å². The van der Waals surface area contributed by atoms with Crippen LogP contribution in [0.1, 0.15) is 24.3 Å². The van der Waals surface area contributed by atoms with Crippen LogP contribution in [0.4, 0.5) is 0 Å². The van der Waals surface area contributed by atoms with Crippen LogP contribution in [-0.2, 0) is 6.54 Å². The smallest absolute Gasteiger partial charge is 0.134 e. The topological polar surface area (TPSA) is 45.4 Å². The summed E-state index contributed by atoms with van der Waals surface area (Å²) < 4.78 is 5.82. The molecule has 20 heavy (non-hydrogen) atoms. The van der Waals surface area contributed by atoms with Gasteiger partial charge in [-0.15, -0.1) is 0 Å². The highest BCUT2D eigenvalue weighted by Gasteiger charge is 2.11. The molecule has 1 atom stereocenters. The van der Waals surface area contributed by atoms with E-state index in [1.807, 2.05) is 42.5 Å². The van der Waals surface area contributed by atoms with E-state index >= 15 is 0 Å². The number of furan rings is 1. The lowest BCUT2D eigenvalue weighted by molar-refractivity contribution is 0.436. The van der Waals surface area contributed by atoms with Crippen LogP contribution >= 0.6 is 0 Å². The minimum Gasteiger partial charge on any atom is -0.508 e. The van der Waals surface area contributed by atoms with Crippen molar-refractivity contribution < 1.29 is 9.52 Å². The first-order chi connectivity index (χ1) is 9.74. The quantitative estimate of drug-likeness (QED) is 0.751. The van der Waals surface area contributed by atoms with Crippen molar-refractivity contribution in [1.82, 2.24) is 5.32 Å². The van der Waals surface area contributed by atoms with Gasteiger partial charge >= 0.3 is 0 Å². The molecule has 3 aromatic rings. The summed E-state index contributed by atoms with van der Waals surface area (Å²) in [7, 11) is 0. The van der Waals surface area contributed by atoms with Crippen LogP contribution in [0.15, 0.2) is 59.0 Å². The highest BCUT2D eigenvalue weighted by molar-refractivity contribution is 5.77. The molecule has 3 nitrogen and oxygen atoms in total. The third-order valence-corrected chi connectivity index (χ3v) is 3.46. The molecule has 1 heterocycles. The SMILES string of the molecule is CC(NCc1ccccc1O)c1cc2ccccc2o1. The molecule has 1 unspecified atom stereocenters. The third-order valence-electron chi connectivity index (χ3n) is 3.46. The average Bonchev–Trinajstić information content (AvgIpc) is 2.90. The molecule has 0 spiro atoms. The van der Waals surface area contributed by atoms with Crippen LogP contribution in [0.3, 0.4) is 0 Å². The predicted octanol–water partition coefficient (Wildman–Crippen LogP) is 3.99. The highest BCUT2D eigenvalue weighted by Crippen LogP contribution is 2.24. The first-order valence-corrected chi connectivity index (χ1v) is 6.73. The van der Waals surface area contributed by atoms with E-state index in [-0.39, 0.29) is 6.04 Å². The second kappa shape index (κ2) is 5.39. The van der Waals surface area contributed by atoms with Crippen LogP contribution in [-0.4, -0.2) is 5.11 Å². The molecule has 0 bridgehead atoms. The Balaban J connectivity index is 1.73. The molecule has 0 amide bonds. The van der Waals surface area contributed by atoms with Gasteiger partial charge in [0.1, 0.15) is 17.1 Å². The fraction of sp³-hybridized carbons (Fsp3) is 0.176. The van der Waals surface area contributed by atoms with E-state index in [0.29, 0.717) is 12.3 Å². The molecule has 1 aromatic heterocycles. The maximum absolute atomic E-state index is 9.74. The van der Waals surface area contributed by atoms with E-state index in [2.05, 4.69) is 18.3 Å². The molecule has 3 rings (SSSR count). The van der Waals surface area contributed by atoms with E-state index in [9.17, 15) is 5.11 Å². The maximum Gasteiger partial charge on any atom is 0.134 e. The second-order valence-corrected chi connectivity index (χ2v) is 4.92. The molecule has 0 aliphatic rings. The predicted molar refractivity (Wildman–Crippen MR) is 79.6 cm³/mol. The number of benzene rings is 2. The van der Waals surface area contributed by atoms with Gasteiger partial charge in [-0.05, 0) is 25.1 Å². The van der Waals surface area contributed by atoms with Gasteiger partial charge in [0.15, 0.2) is 0 Å². The standard InChI is InChI=1S/C17H17NO2/c1-12(18-11-14-7-2-4-8-15(14)19)17-10-13-6-3-5-9-16(13)20-17/h2-10,12,18-19H,11H2,1H3. The Morgan fingerprint density at radius 2 is 1.85 bits per heavy atom. The molecular formula is C17H17NO2. The van der Waals surface area contributed by atoms with Gasteiger partial charge < -0.3 is 14.8 Å². The van der Waals surface area contributed by atoms with E-state index in [4.69, 9.17) is 4.42 Å². The highest BCUT2D eigenvalue weighted by atomic mass is 16.3. The van der Waals surface area contributed by atoms with Gasteiger partial charge in [-0.1, -0.05) is 36.4 Å². The number of hydrogen-bond acceptors (Lipinski definition) is 3. The first-order valence-electron chi connectivity index (χ1n) is 6.73. The molecule has 0 saturated heterocycles. The summed E-state index contributed by atoms with van der Waals surface area (Å²) >= 11 is 0. The summed E-state index contributed by atoms with van der Waals surface area (Å²) in [5.41, 5.74) is 1.79. The molecule has 3 heteroatoms. The van der Waals surface area contributed by atoms with Crippen molar-refractivity contribution in [2.75, 3.05) is 0 Å². The Bertz CT molecular complexity index is 685. The van der Waals surface area contributed by atoms with Crippen molar-refractivity contribution in [3.8, 4) is 5.75 Å². The number of phenolic OH excluding ortho intramolecular Hbond substituents is 1. The van der Waals surface area contributed by atoms with Crippen molar-refractivity contribution in [2.24, 2.45) is 0 Å². The van der Waals surface area contributed by atoms with Gasteiger partial charge in [0, 0.05) is 17.5 Å². The molecule has 2 N–H and O–H groups in total. The monoisotopic (exact) mass is 267 g/mol. The summed E-state index contributed by atoms with van der Waals surface area (Å²) in [4.78, 5) is 0. The van der Waals surface area contributed by atoms with Gasteiger partial charge in [0.05, 0.1) is 6.04 Å². The van der Waals surface area contributed by atoms with Crippen LogP contribution < -0.4 is 5.32 Å². The fourth-order valence-corrected chi connectivity index (χ4v) is 2.24. The lowest BCUT2D eigenvalue weighted by Crippen LogP contribution is -2.17. The zero-order valence-electron chi connectivity index (χ0n) is 11.3. The number of para-hydroxylation sites is 2. The Morgan fingerprint density at radius 1 is 1.10 bits per heavy atom. The molecule has 0 saturated carbocycles. The minimum absolute atomic E-state index is 0.0852.